The zero-order valence-corrected chi connectivity index (χ0v) is 11.1. The van der Waals surface area contributed by atoms with Crippen molar-refractivity contribution in [1.29, 1.82) is 0 Å². The molecular weight excluding hydrogens is 257 g/mol. The molecule has 1 heterocycles. The number of halogens is 2. The Morgan fingerprint density at radius 1 is 1.39 bits per heavy atom. The van der Waals surface area contributed by atoms with Gasteiger partial charge in [0.15, 0.2) is 0 Å². The van der Waals surface area contributed by atoms with Crippen LogP contribution in [0.2, 0.25) is 5.02 Å². The Morgan fingerprint density at radius 3 is 2.56 bits per heavy atom. The van der Waals surface area contributed by atoms with Crippen molar-refractivity contribution in [2.75, 3.05) is 13.1 Å². The molecule has 0 saturated carbocycles. The topological polar surface area (TPSA) is 29.5 Å². The van der Waals surface area contributed by atoms with Crippen molar-refractivity contribution in [1.82, 2.24) is 4.90 Å². The zero-order valence-electron chi connectivity index (χ0n) is 10.3. The van der Waals surface area contributed by atoms with Gasteiger partial charge in [-0.1, -0.05) is 11.6 Å². The summed E-state index contributed by atoms with van der Waals surface area (Å²) in [6.07, 6.45) is -0.00570. The molecule has 18 heavy (non-hydrogen) atoms. The van der Waals surface area contributed by atoms with Crippen LogP contribution in [-0.4, -0.2) is 36.1 Å². The molecule has 0 N–H and O–H groups in total. The molecule has 1 saturated heterocycles. The third kappa shape index (κ3) is 2.82. The van der Waals surface area contributed by atoms with E-state index in [9.17, 15) is 9.18 Å². The lowest BCUT2D eigenvalue weighted by atomic mass is 10.1. The number of carbonyl (C=O) groups excluding carboxylic acids is 1. The molecule has 98 valence electrons. The molecule has 2 rings (SSSR count). The fourth-order valence-corrected chi connectivity index (χ4v) is 2.43. The minimum Gasteiger partial charge on any atom is -0.372 e. The highest BCUT2D eigenvalue weighted by atomic mass is 35.5. The van der Waals surface area contributed by atoms with Crippen molar-refractivity contribution in [3.63, 3.8) is 0 Å². The number of amides is 1. The van der Waals surface area contributed by atoms with E-state index in [-0.39, 0.29) is 23.1 Å². The summed E-state index contributed by atoms with van der Waals surface area (Å²) in [6.45, 7) is 4.89. The summed E-state index contributed by atoms with van der Waals surface area (Å²) < 4.78 is 18.5. The second-order valence-corrected chi connectivity index (χ2v) is 5.00. The maximum atomic E-state index is 12.9. The van der Waals surface area contributed by atoms with E-state index in [1.165, 1.54) is 12.1 Å². The highest BCUT2D eigenvalue weighted by Gasteiger charge is 2.27. The Bertz CT molecular complexity index is 456. The molecule has 5 heteroatoms. The average Bonchev–Trinajstić information content (AvgIpc) is 2.26. The Hall–Kier alpha value is -1.13. The molecule has 0 aromatic heterocycles. The molecule has 1 aliphatic heterocycles. The van der Waals surface area contributed by atoms with Crippen LogP contribution >= 0.6 is 11.6 Å². The molecule has 2 atom stereocenters. The molecule has 0 bridgehead atoms. The van der Waals surface area contributed by atoms with E-state index in [4.69, 9.17) is 16.3 Å². The molecule has 0 radical (unpaired) electrons. The van der Waals surface area contributed by atoms with Gasteiger partial charge in [-0.05, 0) is 32.0 Å². The third-order valence-electron chi connectivity index (χ3n) is 2.87. The SMILES string of the molecule is C[C@@H]1CN(C(=O)c2ccc(F)cc2Cl)C[C@@H](C)O1. The number of rotatable bonds is 1. The van der Waals surface area contributed by atoms with Gasteiger partial charge in [-0.2, -0.15) is 0 Å². The molecule has 0 aliphatic carbocycles. The normalized spacial score (nSPS) is 24.1. The number of morpholine rings is 1. The fraction of sp³-hybridized carbons (Fsp3) is 0.462. The standard InChI is InChI=1S/C13H15ClFNO2/c1-8-6-16(7-9(2)18-8)13(17)11-4-3-10(15)5-12(11)14/h3-5,8-9H,6-7H2,1-2H3/t8-,9-/m1/s1. The van der Waals surface area contributed by atoms with E-state index in [1.54, 1.807) is 4.90 Å². The van der Waals surface area contributed by atoms with Crippen LogP contribution in [0.4, 0.5) is 4.39 Å². The van der Waals surface area contributed by atoms with Gasteiger partial charge in [-0.25, -0.2) is 4.39 Å². The van der Waals surface area contributed by atoms with E-state index < -0.39 is 5.82 Å². The number of hydrogen-bond donors (Lipinski definition) is 0. The maximum absolute atomic E-state index is 12.9. The van der Waals surface area contributed by atoms with E-state index in [0.29, 0.717) is 18.7 Å². The number of ether oxygens (including phenoxy) is 1. The molecule has 1 aromatic rings. The second kappa shape index (κ2) is 5.24. The quantitative estimate of drug-likeness (QED) is 0.786. The fourth-order valence-electron chi connectivity index (χ4n) is 2.18. The first-order chi connectivity index (χ1) is 8.47. The lowest BCUT2D eigenvalue weighted by Gasteiger charge is -2.35. The van der Waals surface area contributed by atoms with Crippen LogP contribution in [0.25, 0.3) is 0 Å². The third-order valence-corrected chi connectivity index (χ3v) is 3.18. The molecule has 0 unspecified atom stereocenters. The molecule has 1 amide bonds. The lowest BCUT2D eigenvalue weighted by Crippen LogP contribution is -2.48. The summed E-state index contributed by atoms with van der Waals surface area (Å²) in [5, 5.41) is 0.145. The van der Waals surface area contributed by atoms with E-state index >= 15 is 0 Å². The van der Waals surface area contributed by atoms with Crippen LogP contribution in [0.3, 0.4) is 0 Å². The van der Waals surface area contributed by atoms with Crippen molar-refractivity contribution >= 4 is 17.5 Å². The lowest BCUT2D eigenvalue weighted by molar-refractivity contribution is -0.0586. The molecule has 0 spiro atoms. The zero-order chi connectivity index (χ0) is 13.3. The maximum Gasteiger partial charge on any atom is 0.255 e. The Labute approximate surface area is 110 Å². The largest absolute Gasteiger partial charge is 0.372 e. The highest BCUT2D eigenvalue weighted by Crippen LogP contribution is 2.21. The molecule has 1 fully saturated rings. The minimum atomic E-state index is -0.444. The van der Waals surface area contributed by atoms with Gasteiger partial charge in [-0.3, -0.25) is 4.79 Å². The predicted molar refractivity (Wildman–Crippen MR) is 67.3 cm³/mol. The van der Waals surface area contributed by atoms with Crippen molar-refractivity contribution < 1.29 is 13.9 Å². The minimum absolute atomic E-state index is 0.00285. The first-order valence-electron chi connectivity index (χ1n) is 5.87. The molecular formula is C13H15ClFNO2. The van der Waals surface area contributed by atoms with Gasteiger partial charge < -0.3 is 9.64 Å². The second-order valence-electron chi connectivity index (χ2n) is 4.59. The number of benzene rings is 1. The highest BCUT2D eigenvalue weighted by molar-refractivity contribution is 6.33. The van der Waals surface area contributed by atoms with Gasteiger partial charge in [0.05, 0.1) is 22.8 Å². The number of nitrogens with zero attached hydrogens (tertiary/aromatic N) is 1. The first-order valence-corrected chi connectivity index (χ1v) is 6.25. The van der Waals surface area contributed by atoms with Gasteiger partial charge in [0.1, 0.15) is 5.82 Å². The number of carbonyl (C=O) groups is 1. The van der Waals surface area contributed by atoms with Gasteiger partial charge >= 0.3 is 0 Å². The monoisotopic (exact) mass is 271 g/mol. The summed E-state index contributed by atoms with van der Waals surface area (Å²) in [6, 6.07) is 3.82. The van der Waals surface area contributed by atoms with Crippen LogP contribution in [0.5, 0.6) is 0 Å². The Morgan fingerprint density at radius 2 is 2.00 bits per heavy atom. The van der Waals surface area contributed by atoms with Gasteiger partial charge in [0.2, 0.25) is 0 Å². The average molecular weight is 272 g/mol. The smallest absolute Gasteiger partial charge is 0.255 e. The summed E-state index contributed by atoms with van der Waals surface area (Å²) in [5.74, 6) is -0.623. The Balaban J connectivity index is 2.20. The number of hydrogen-bond acceptors (Lipinski definition) is 2. The van der Waals surface area contributed by atoms with E-state index in [2.05, 4.69) is 0 Å². The van der Waals surface area contributed by atoms with E-state index in [0.717, 1.165) is 6.07 Å². The van der Waals surface area contributed by atoms with Crippen molar-refractivity contribution in [2.45, 2.75) is 26.1 Å². The summed E-state index contributed by atoms with van der Waals surface area (Å²) in [4.78, 5) is 14.0. The van der Waals surface area contributed by atoms with E-state index in [1.807, 2.05) is 13.8 Å². The van der Waals surface area contributed by atoms with Crippen molar-refractivity contribution in [3.8, 4) is 0 Å². The van der Waals surface area contributed by atoms with Crippen LogP contribution < -0.4 is 0 Å². The van der Waals surface area contributed by atoms with Crippen LogP contribution in [0.15, 0.2) is 18.2 Å². The predicted octanol–water partition coefficient (Wildman–Crippen LogP) is 2.73. The Kier molecular flexibility index (Phi) is 3.88. The van der Waals surface area contributed by atoms with Crippen molar-refractivity contribution in [3.05, 3.63) is 34.6 Å². The van der Waals surface area contributed by atoms with Crippen molar-refractivity contribution in [2.24, 2.45) is 0 Å². The van der Waals surface area contributed by atoms with Gasteiger partial charge in [-0.15, -0.1) is 0 Å². The first kappa shape index (κ1) is 13.3. The van der Waals surface area contributed by atoms with Crippen LogP contribution in [0, 0.1) is 5.82 Å². The molecule has 3 nitrogen and oxygen atoms in total. The summed E-state index contributed by atoms with van der Waals surface area (Å²) in [7, 11) is 0. The van der Waals surface area contributed by atoms with Gasteiger partial charge in [0.25, 0.3) is 5.91 Å². The van der Waals surface area contributed by atoms with Gasteiger partial charge in [0, 0.05) is 13.1 Å². The summed E-state index contributed by atoms with van der Waals surface area (Å²) in [5.41, 5.74) is 0.333. The van der Waals surface area contributed by atoms with Crippen LogP contribution in [-0.2, 0) is 4.74 Å². The summed E-state index contributed by atoms with van der Waals surface area (Å²) >= 11 is 5.90. The van der Waals surface area contributed by atoms with Crippen LogP contribution in [0.1, 0.15) is 24.2 Å². The molecule has 1 aliphatic rings. The molecule has 1 aromatic carbocycles.